The summed E-state index contributed by atoms with van der Waals surface area (Å²) in [7, 11) is 1.45. The fourth-order valence-corrected chi connectivity index (χ4v) is 2.61. The van der Waals surface area contributed by atoms with E-state index < -0.39 is 23.7 Å². The molecular formula is C21H33NO6. The van der Waals surface area contributed by atoms with Crippen LogP contribution in [0.2, 0.25) is 0 Å². The van der Waals surface area contributed by atoms with E-state index in [1.807, 2.05) is 13.8 Å². The van der Waals surface area contributed by atoms with Gasteiger partial charge in [0.15, 0.2) is 0 Å². The molecule has 0 saturated heterocycles. The molecule has 0 aromatic heterocycles. The van der Waals surface area contributed by atoms with E-state index in [1.54, 1.807) is 45.0 Å². The number of carbonyl (C=O) groups excluding carboxylic acids is 2. The monoisotopic (exact) mass is 395 g/mol. The lowest BCUT2D eigenvalue weighted by atomic mass is 10.0. The van der Waals surface area contributed by atoms with Crippen molar-refractivity contribution in [2.45, 2.75) is 59.1 Å². The summed E-state index contributed by atoms with van der Waals surface area (Å²) in [5.74, 6) is -0.211. The van der Waals surface area contributed by atoms with E-state index in [0.717, 1.165) is 0 Å². The molecule has 0 radical (unpaired) electrons. The molecule has 1 amide bonds. The van der Waals surface area contributed by atoms with Gasteiger partial charge in [-0.05, 0) is 44.7 Å². The molecule has 1 atom stereocenters. The van der Waals surface area contributed by atoms with Gasteiger partial charge in [0.05, 0.1) is 6.61 Å². The molecule has 0 spiro atoms. The van der Waals surface area contributed by atoms with Crippen molar-refractivity contribution in [2.75, 3.05) is 20.4 Å². The van der Waals surface area contributed by atoms with Crippen LogP contribution in [0.25, 0.3) is 0 Å². The molecule has 1 rings (SSSR count). The number of phenols is 1. The van der Waals surface area contributed by atoms with Gasteiger partial charge in [0.2, 0.25) is 0 Å². The molecule has 28 heavy (non-hydrogen) atoms. The van der Waals surface area contributed by atoms with Crippen LogP contribution in [0.4, 0.5) is 4.79 Å². The Bertz CT molecular complexity index is 638. The Balaban J connectivity index is 2.85. The Morgan fingerprint density at radius 1 is 1.18 bits per heavy atom. The summed E-state index contributed by atoms with van der Waals surface area (Å²) in [6.45, 7) is 9.22. The van der Waals surface area contributed by atoms with Gasteiger partial charge in [0.1, 0.15) is 24.1 Å². The molecule has 0 aliphatic carbocycles. The van der Waals surface area contributed by atoms with Crippen molar-refractivity contribution in [1.82, 2.24) is 4.90 Å². The number of ether oxygens (including phenoxy) is 3. The number of carbonyl (C=O) groups is 2. The van der Waals surface area contributed by atoms with Crippen LogP contribution in [0.1, 0.15) is 46.6 Å². The van der Waals surface area contributed by atoms with E-state index in [9.17, 15) is 14.7 Å². The maximum absolute atomic E-state index is 12.8. The summed E-state index contributed by atoms with van der Waals surface area (Å²) < 4.78 is 16.0. The topological polar surface area (TPSA) is 85.3 Å². The highest BCUT2D eigenvalue weighted by atomic mass is 16.6. The Labute approximate surface area is 167 Å². The van der Waals surface area contributed by atoms with Crippen LogP contribution in [0, 0.1) is 5.92 Å². The smallest absolute Gasteiger partial charge is 0.412 e. The number of nitrogens with zero attached hydrogens (tertiary/aromatic N) is 1. The van der Waals surface area contributed by atoms with Crippen LogP contribution in [0.15, 0.2) is 24.3 Å². The molecule has 0 aliphatic heterocycles. The number of amides is 1. The lowest BCUT2D eigenvalue weighted by Crippen LogP contribution is -2.49. The minimum atomic E-state index is -0.820. The zero-order valence-electron chi connectivity index (χ0n) is 17.7. The van der Waals surface area contributed by atoms with Gasteiger partial charge in [0, 0.05) is 13.5 Å². The van der Waals surface area contributed by atoms with E-state index in [-0.39, 0.29) is 25.0 Å². The van der Waals surface area contributed by atoms with E-state index in [0.29, 0.717) is 18.4 Å². The summed E-state index contributed by atoms with van der Waals surface area (Å²) in [4.78, 5) is 26.6. The zero-order valence-corrected chi connectivity index (χ0v) is 17.7. The lowest BCUT2D eigenvalue weighted by molar-refractivity contribution is -0.152. The Morgan fingerprint density at radius 3 is 2.36 bits per heavy atom. The summed E-state index contributed by atoms with van der Waals surface area (Å²) in [5.41, 5.74) is -0.00295. The van der Waals surface area contributed by atoms with Crippen molar-refractivity contribution in [1.29, 1.82) is 0 Å². The SMILES string of the molecule is COCN(C(=O)OC(C)(C)C)[C@@H](CC(C)C)C(=O)OCCc1ccccc1O. The predicted molar refractivity (Wildman–Crippen MR) is 106 cm³/mol. The molecule has 1 aromatic rings. The fourth-order valence-electron chi connectivity index (χ4n) is 2.61. The highest BCUT2D eigenvalue weighted by Crippen LogP contribution is 2.19. The van der Waals surface area contributed by atoms with Crippen LogP contribution in [0.5, 0.6) is 5.75 Å². The molecule has 0 heterocycles. The third-order valence-electron chi connectivity index (χ3n) is 3.85. The molecular weight excluding hydrogens is 362 g/mol. The standard InChI is InChI=1S/C21H33NO6/c1-15(2)13-17(22(14-26-6)20(25)28-21(3,4)5)19(24)27-12-11-16-9-7-8-10-18(16)23/h7-10,15,17,23H,11-14H2,1-6H3/t17-/m0/s1. The van der Waals surface area contributed by atoms with Crippen molar-refractivity contribution < 1.29 is 28.9 Å². The first-order valence-corrected chi connectivity index (χ1v) is 9.47. The second-order valence-electron chi connectivity index (χ2n) is 8.06. The zero-order chi connectivity index (χ0) is 21.3. The number of aromatic hydroxyl groups is 1. The third kappa shape index (κ3) is 8.17. The molecule has 7 heteroatoms. The number of hydrogen-bond donors (Lipinski definition) is 1. The minimum Gasteiger partial charge on any atom is -0.508 e. The van der Waals surface area contributed by atoms with Crippen molar-refractivity contribution in [3.63, 3.8) is 0 Å². The van der Waals surface area contributed by atoms with Gasteiger partial charge in [0.25, 0.3) is 0 Å². The largest absolute Gasteiger partial charge is 0.508 e. The highest BCUT2D eigenvalue weighted by molar-refractivity contribution is 5.81. The number of hydrogen-bond acceptors (Lipinski definition) is 6. The highest BCUT2D eigenvalue weighted by Gasteiger charge is 2.34. The number of para-hydroxylation sites is 1. The first-order valence-electron chi connectivity index (χ1n) is 9.47. The quantitative estimate of drug-likeness (QED) is 0.506. The van der Waals surface area contributed by atoms with Gasteiger partial charge < -0.3 is 19.3 Å². The average Bonchev–Trinajstić information content (AvgIpc) is 2.57. The molecule has 0 unspecified atom stereocenters. The van der Waals surface area contributed by atoms with Crippen molar-refractivity contribution in [3.05, 3.63) is 29.8 Å². The van der Waals surface area contributed by atoms with Gasteiger partial charge in [-0.15, -0.1) is 0 Å². The van der Waals surface area contributed by atoms with Crippen molar-refractivity contribution in [2.24, 2.45) is 5.92 Å². The molecule has 7 nitrogen and oxygen atoms in total. The third-order valence-corrected chi connectivity index (χ3v) is 3.85. The Morgan fingerprint density at radius 2 is 1.82 bits per heavy atom. The maximum atomic E-state index is 12.8. The first-order chi connectivity index (χ1) is 13.0. The molecule has 0 aliphatic rings. The molecule has 0 fully saturated rings. The second kappa shape index (κ2) is 10.9. The Kier molecular flexibility index (Phi) is 9.25. The molecule has 0 bridgehead atoms. The number of benzene rings is 1. The number of esters is 1. The molecule has 1 aromatic carbocycles. The van der Waals surface area contributed by atoms with Gasteiger partial charge in [-0.25, -0.2) is 9.59 Å². The van der Waals surface area contributed by atoms with E-state index in [1.165, 1.54) is 12.0 Å². The van der Waals surface area contributed by atoms with Crippen LogP contribution in [-0.4, -0.2) is 54.2 Å². The van der Waals surface area contributed by atoms with Crippen LogP contribution in [0.3, 0.4) is 0 Å². The second-order valence-corrected chi connectivity index (χ2v) is 8.06. The fraction of sp³-hybridized carbons (Fsp3) is 0.619. The van der Waals surface area contributed by atoms with Gasteiger partial charge >= 0.3 is 12.1 Å². The van der Waals surface area contributed by atoms with Crippen LogP contribution >= 0.6 is 0 Å². The van der Waals surface area contributed by atoms with Crippen molar-refractivity contribution in [3.8, 4) is 5.75 Å². The normalized spacial score (nSPS) is 12.5. The molecule has 0 saturated carbocycles. The van der Waals surface area contributed by atoms with Crippen LogP contribution in [-0.2, 0) is 25.4 Å². The van der Waals surface area contributed by atoms with E-state index in [4.69, 9.17) is 14.2 Å². The summed E-state index contributed by atoms with van der Waals surface area (Å²) in [6, 6.07) is 6.07. The number of rotatable bonds is 9. The van der Waals surface area contributed by atoms with Gasteiger partial charge in [-0.1, -0.05) is 32.0 Å². The summed E-state index contributed by atoms with van der Waals surface area (Å²) in [6.07, 6.45) is 0.166. The molecule has 158 valence electrons. The Hall–Kier alpha value is -2.28. The lowest BCUT2D eigenvalue weighted by Gasteiger charge is -2.32. The molecule has 1 N–H and O–H groups in total. The first kappa shape index (κ1) is 23.8. The van der Waals surface area contributed by atoms with Crippen LogP contribution < -0.4 is 0 Å². The van der Waals surface area contributed by atoms with Gasteiger partial charge in [-0.3, -0.25) is 4.90 Å². The average molecular weight is 395 g/mol. The van der Waals surface area contributed by atoms with Crippen molar-refractivity contribution >= 4 is 12.1 Å². The van der Waals surface area contributed by atoms with E-state index in [2.05, 4.69) is 0 Å². The summed E-state index contributed by atoms with van der Waals surface area (Å²) >= 11 is 0. The predicted octanol–water partition coefficient (Wildman–Crippen LogP) is 3.73. The van der Waals surface area contributed by atoms with Gasteiger partial charge in [-0.2, -0.15) is 0 Å². The number of methoxy groups -OCH3 is 1. The maximum Gasteiger partial charge on any atom is 0.412 e. The van der Waals surface area contributed by atoms with E-state index >= 15 is 0 Å². The summed E-state index contributed by atoms with van der Waals surface area (Å²) in [5, 5.41) is 9.82. The number of phenolic OH excluding ortho intramolecular Hbond substituents is 1. The minimum absolute atomic E-state index is 0.0825.